The number of likely N-dealkylation sites (tertiary alicyclic amines) is 1. The molecule has 2 N–H and O–H groups in total. The first-order valence-corrected chi connectivity index (χ1v) is 7.13. The van der Waals surface area contributed by atoms with Crippen LogP contribution in [0.5, 0.6) is 0 Å². The average Bonchev–Trinajstić information content (AvgIpc) is 2.75. The molecular weight excluding hydrogens is 232 g/mol. The monoisotopic (exact) mass is 254 g/mol. The Balaban J connectivity index is 1.82. The molecule has 0 atom stereocenters. The smallest absolute Gasteiger partial charge is 0.180 e. The molecule has 2 rings (SSSR count). The van der Waals surface area contributed by atoms with Gasteiger partial charge in [0.1, 0.15) is 0 Å². The normalized spacial score (nSPS) is 19.0. The lowest BCUT2D eigenvalue weighted by Crippen LogP contribution is -2.42. The van der Waals surface area contributed by atoms with Gasteiger partial charge in [-0.25, -0.2) is 4.98 Å². The summed E-state index contributed by atoms with van der Waals surface area (Å²) < 4.78 is 0. The second kappa shape index (κ2) is 5.80. The van der Waals surface area contributed by atoms with Gasteiger partial charge in [-0.15, -0.1) is 11.3 Å². The van der Waals surface area contributed by atoms with Crippen LogP contribution >= 0.6 is 11.3 Å². The summed E-state index contributed by atoms with van der Waals surface area (Å²) >= 11 is 1.60. The van der Waals surface area contributed by atoms with E-state index in [4.69, 9.17) is 5.73 Å². The minimum atomic E-state index is 0.675. The second-order valence-electron chi connectivity index (χ2n) is 4.75. The molecule has 1 aliphatic rings. The molecule has 17 heavy (non-hydrogen) atoms. The van der Waals surface area contributed by atoms with Gasteiger partial charge in [0.15, 0.2) is 5.13 Å². The minimum absolute atomic E-state index is 0.675. The summed E-state index contributed by atoms with van der Waals surface area (Å²) in [5.74, 6) is 0. The number of thiazole rings is 1. The van der Waals surface area contributed by atoms with E-state index in [0.717, 1.165) is 6.54 Å². The molecule has 1 aromatic rings. The predicted molar refractivity (Wildman–Crippen MR) is 73.1 cm³/mol. The van der Waals surface area contributed by atoms with Crippen molar-refractivity contribution in [2.75, 3.05) is 32.4 Å². The van der Waals surface area contributed by atoms with Crippen LogP contribution in [0.4, 0.5) is 5.13 Å². The third-order valence-corrected chi connectivity index (χ3v) is 4.42. The zero-order valence-corrected chi connectivity index (χ0v) is 11.5. The van der Waals surface area contributed by atoms with E-state index in [9.17, 15) is 0 Å². The van der Waals surface area contributed by atoms with E-state index in [-0.39, 0.29) is 0 Å². The van der Waals surface area contributed by atoms with Crippen LogP contribution in [0.1, 0.15) is 24.6 Å². The first kappa shape index (κ1) is 12.8. The Kier molecular flexibility index (Phi) is 4.36. The van der Waals surface area contributed by atoms with E-state index in [0.29, 0.717) is 11.2 Å². The maximum atomic E-state index is 5.65. The highest BCUT2D eigenvalue weighted by atomic mass is 32.1. The van der Waals surface area contributed by atoms with E-state index >= 15 is 0 Å². The van der Waals surface area contributed by atoms with Crippen molar-refractivity contribution >= 4 is 16.5 Å². The van der Waals surface area contributed by atoms with Crippen LogP contribution in [0, 0.1) is 0 Å². The van der Waals surface area contributed by atoms with Gasteiger partial charge in [0.2, 0.25) is 0 Å². The van der Waals surface area contributed by atoms with Crippen molar-refractivity contribution in [1.82, 2.24) is 14.8 Å². The van der Waals surface area contributed by atoms with E-state index < -0.39 is 0 Å². The third kappa shape index (κ3) is 3.40. The first-order chi connectivity index (χ1) is 8.19. The van der Waals surface area contributed by atoms with Crippen LogP contribution in [0.15, 0.2) is 6.20 Å². The molecule has 0 aliphatic carbocycles. The van der Waals surface area contributed by atoms with Crippen LogP contribution in [-0.2, 0) is 6.54 Å². The number of rotatable bonds is 4. The second-order valence-corrected chi connectivity index (χ2v) is 5.89. The van der Waals surface area contributed by atoms with Crippen LogP contribution in [-0.4, -0.2) is 47.5 Å². The highest BCUT2D eigenvalue weighted by Crippen LogP contribution is 2.20. The van der Waals surface area contributed by atoms with Crippen molar-refractivity contribution in [3.63, 3.8) is 0 Å². The van der Waals surface area contributed by atoms with Crippen LogP contribution in [0.3, 0.4) is 0 Å². The van der Waals surface area contributed by atoms with E-state index in [1.807, 2.05) is 6.20 Å². The Morgan fingerprint density at radius 2 is 2.24 bits per heavy atom. The lowest BCUT2D eigenvalue weighted by atomic mass is 10.0. The van der Waals surface area contributed by atoms with Crippen LogP contribution < -0.4 is 5.73 Å². The Morgan fingerprint density at radius 3 is 2.76 bits per heavy atom. The number of aromatic nitrogens is 1. The fourth-order valence-electron chi connectivity index (χ4n) is 2.45. The van der Waals surface area contributed by atoms with Gasteiger partial charge in [0, 0.05) is 23.7 Å². The summed E-state index contributed by atoms with van der Waals surface area (Å²) in [7, 11) is 2.21. The third-order valence-electron chi connectivity index (χ3n) is 3.60. The molecule has 1 saturated heterocycles. The zero-order chi connectivity index (χ0) is 12.3. The van der Waals surface area contributed by atoms with Crippen molar-refractivity contribution in [2.45, 2.75) is 32.4 Å². The molecule has 0 radical (unpaired) electrons. The highest BCUT2D eigenvalue weighted by Gasteiger charge is 2.21. The summed E-state index contributed by atoms with van der Waals surface area (Å²) in [6.07, 6.45) is 4.45. The largest absolute Gasteiger partial charge is 0.375 e. The molecule has 1 aliphatic heterocycles. The quantitative estimate of drug-likeness (QED) is 0.887. The molecule has 2 heterocycles. The first-order valence-electron chi connectivity index (χ1n) is 6.31. The fourth-order valence-corrected chi connectivity index (χ4v) is 3.19. The molecule has 0 spiro atoms. The van der Waals surface area contributed by atoms with Gasteiger partial charge in [-0.05, 0) is 39.5 Å². The number of nitrogens with zero attached hydrogens (tertiary/aromatic N) is 3. The number of nitrogen functional groups attached to an aromatic ring is 1. The van der Waals surface area contributed by atoms with Crippen molar-refractivity contribution in [3.05, 3.63) is 11.1 Å². The Morgan fingerprint density at radius 1 is 1.53 bits per heavy atom. The number of hydrogen-bond acceptors (Lipinski definition) is 5. The summed E-state index contributed by atoms with van der Waals surface area (Å²) in [5, 5.41) is 0.675. The molecule has 1 aromatic heterocycles. The SMILES string of the molecule is CCN1CCC(N(C)Cc2cnc(N)s2)CC1. The highest BCUT2D eigenvalue weighted by molar-refractivity contribution is 7.15. The standard InChI is InChI=1S/C12H22N4S/c1-3-16-6-4-10(5-7-16)15(2)9-11-8-14-12(13)17-11/h8,10H,3-7,9H2,1-2H3,(H2,13,14). The summed E-state index contributed by atoms with van der Waals surface area (Å²) in [5.41, 5.74) is 5.65. The fraction of sp³-hybridized carbons (Fsp3) is 0.750. The molecule has 0 bridgehead atoms. The number of hydrogen-bond donors (Lipinski definition) is 1. The molecule has 5 heteroatoms. The van der Waals surface area contributed by atoms with E-state index in [2.05, 4.69) is 28.8 Å². The van der Waals surface area contributed by atoms with Crippen molar-refractivity contribution in [1.29, 1.82) is 0 Å². The minimum Gasteiger partial charge on any atom is -0.375 e. The van der Waals surface area contributed by atoms with Gasteiger partial charge in [-0.3, -0.25) is 4.90 Å². The number of anilines is 1. The maximum Gasteiger partial charge on any atom is 0.180 e. The van der Waals surface area contributed by atoms with Crippen LogP contribution in [0.25, 0.3) is 0 Å². The molecule has 4 nitrogen and oxygen atoms in total. The Labute approximate surface area is 107 Å². The lowest BCUT2D eigenvalue weighted by Gasteiger charge is -2.36. The molecule has 96 valence electrons. The summed E-state index contributed by atoms with van der Waals surface area (Å²) in [4.78, 5) is 10.3. The molecule has 0 amide bonds. The van der Waals surface area contributed by atoms with E-state index in [1.165, 1.54) is 37.4 Å². The van der Waals surface area contributed by atoms with Gasteiger partial charge in [0.25, 0.3) is 0 Å². The van der Waals surface area contributed by atoms with E-state index in [1.54, 1.807) is 11.3 Å². The number of piperidine rings is 1. The van der Waals surface area contributed by atoms with Gasteiger partial charge in [0.05, 0.1) is 0 Å². The van der Waals surface area contributed by atoms with Gasteiger partial charge >= 0.3 is 0 Å². The maximum absolute atomic E-state index is 5.65. The average molecular weight is 254 g/mol. The van der Waals surface area contributed by atoms with Crippen LogP contribution in [0.2, 0.25) is 0 Å². The molecular formula is C12H22N4S. The predicted octanol–water partition coefficient (Wildman–Crippen LogP) is 1.64. The molecule has 1 fully saturated rings. The van der Waals surface area contributed by atoms with Gasteiger partial charge in [-0.1, -0.05) is 6.92 Å². The van der Waals surface area contributed by atoms with Gasteiger partial charge < -0.3 is 10.6 Å². The number of nitrogens with two attached hydrogens (primary N) is 1. The van der Waals surface area contributed by atoms with Crippen molar-refractivity contribution in [2.24, 2.45) is 0 Å². The zero-order valence-electron chi connectivity index (χ0n) is 10.7. The topological polar surface area (TPSA) is 45.4 Å². The molecule has 0 unspecified atom stereocenters. The Bertz CT molecular complexity index is 344. The van der Waals surface area contributed by atoms with Crippen molar-refractivity contribution in [3.8, 4) is 0 Å². The molecule has 0 aromatic carbocycles. The molecule has 0 saturated carbocycles. The summed E-state index contributed by atoms with van der Waals surface area (Å²) in [6.45, 7) is 6.87. The van der Waals surface area contributed by atoms with Crippen molar-refractivity contribution < 1.29 is 0 Å². The summed E-state index contributed by atoms with van der Waals surface area (Å²) in [6, 6.07) is 0.709. The Hall–Kier alpha value is -0.650. The van der Waals surface area contributed by atoms with Gasteiger partial charge in [-0.2, -0.15) is 0 Å². The lowest BCUT2D eigenvalue weighted by molar-refractivity contribution is 0.128.